The summed E-state index contributed by atoms with van der Waals surface area (Å²) in [6.45, 7) is 2.48. The minimum absolute atomic E-state index is 0.230. The Balaban J connectivity index is 3.45. The zero-order valence-electron chi connectivity index (χ0n) is 18.8. The van der Waals surface area contributed by atoms with Gasteiger partial charge in [-0.05, 0) is 6.42 Å². The van der Waals surface area contributed by atoms with Gasteiger partial charge in [-0.2, -0.15) is 0 Å². The zero-order chi connectivity index (χ0) is 22.5. The van der Waals surface area contributed by atoms with E-state index in [4.69, 9.17) is 14.9 Å². The van der Waals surface area contributed by atoms with Crippen molar-refractivity contribution in [1.82, 2.24) is 0 Å². The van der Waals surface area contributed by atoms with Gasteiger partial charge < -0.3 is 14.9 Å². The number of rotatable bonds is 21. The largest absolute Gasteiger partial charge is 0.481 e. The van der Waals surface area contributed by atoms with Crippen molar-refractivity contribution in [3.05, 3.63) is 11.6 Å². The fourth-order valence-electron chi connectivity index (χ4n) is 3.36. The maximum absolute atomic E-state index is 11.5. The number of hydrogen-bond donors (Lipinski definition) is 2. The molecule has 0 heterocycles. The Kier molecular flexibility index (Phi) is 19.2. The molecular formula is C24H42O6. The predicted octanol–water partition coefficient (Wildman–Crippen LogP) is 6.28. The first kappa shape index (κ1) is 28.1. The number of carbonyl (C=O) groups is 3. The third kappa shape index (κ3) is 19.5. The van der Waals surface area contributed by atoms with Gasteiger partial charge in [0.15, 0.2) is 0 Å². The molecule has 0 bridgehead atoms. The van der Waals surface area contributed by atoms with Crippen LogP contribution in [0.5, 0.6) is 0 Å². The van der Waals surface area contributed by atoms with Crippen LogP contribution < -0.4 is 0 Å². The summed E-state index contributed by atoms with van der Waals surface area (Å²) in [5.41, 5.74) is -0.473. The first-order valence-electron chi connectivity index (χ1n) is 11.8. The third-order valence-electron chi connectivity index (χ3n) is 5.15. The molecule has 0 saturated heterocycles. The average molecular weight is 427 g/mol. The van der Waals surface area contributed by atoms with Gasteiger partial charge in [0.25, 0.3) is 0 Å². The van der Waals surface area contributed by atoms with E-state index >= 15 is 0 Å². The summed E-state index contributed by atoms with van der Waals surface area (Å²) in [7, 11) is 0. The van der Waals surface area contributed by atoms with Gasteiger partial charge in [-0.3, -0.25) is 4.79 Å². The maximum atomic E-state index is 11.5. The van der Waals surface area contributed by atoms with E-state index in [1.54, 1.807) is 0 Å². The van der Waals surface area contributed by atoms with E-state index in [0.717, 1.165) is 25.3 Å². The minimum atomic E-state index is -1.42. The van der Waals surface area contributed by atoms with Gasteiger partial charge in [0, 0.05) is 6.08 Å². The molecule has 0 aliphatic carbocycles. The molecule has 6 nitrogen and oxygen atoms in total. The summed E-state index contributed by atoms with van der Waals surface area (Å²) >= 11 is 0. The lowest BCUT2D eigenvalue weighted by atomic mass is 10.0. The van der Waals surface area contributed by atoms with E-state index in [-0.39, 0.29) is 6.61 Å². The number of aliphatic carboxylic acids is 2. The average Bonchev–Trinajstić information content (AvgIpc) is 2.69. The Bertz CT molecular complexity index is 498. The molecule has 0 aromatic heterocycles. The number of esters is 1. The van der Waals surface area contributed by atoms with Crippen molar-refractivity contribution in [2.75, 3.05) is 6.61 Å². The van der Waals surface area contributed by atoms with E-state index in [1.165, 1.54) is 83.5 Å². The second-order valence-electron chi connectivity index (χ2n) is 8.02. The molecule has 0 saturated carbocycles. The van der Waals surface area contributed by atoms with Crippen molar-refractivity contribution in [3.63, 3.8) is 0 Å². The van der Waals surface area contributed by atoms with E-state index in [9.17, 15) is 14.4 Å². The molecule has 0 radical (unpaired) electrons. The normalized spacial score (nSPS) is 11.4. The first-order chi connectivity index (χ1) is 14.5. The van der Waals surface area contributed by atoms with Crippen LogP contribution in [-0.2, 0) is 19.1 Å². The van der Waals surface area contributed by atoms with E-state index in [1.807, 2.05) is 0 Å². The molecule has 0 spiro atoms. The third-order valence-corrected chi connectivity index (χ3v) is 5.15. The summed E-state index contributed by atoms with van der Waals surface area (Å²) in [6, 6.07) is 0. The molecule has 0 aromatic rings. The van der Waals surface area contributed by atoms with Crippen LogP contribution in [0.25, 0.3) is 0 Å². The van der Waals surface area contributed by atoms with Crippen LogP contribution in [0.1, 0.15) is 116 Å². The smallest absolute Gasteiger partial charge is 0.332 e. The Morgan fingerprint density at radius 3 is 1.43 bits per heavy atom. The minimum Gasteiger partial charge on any atom is -0.481 e. The highest BCUT2D eigenvalue weighted by molar-refractivity contribution is 5.98. The van der Waals surface area contributed by atoms with Gasteiger partial charge in [-0.15, -0.1) is 0 Å². The number of carboxylic acid groups (broad SMARTS) is 2. The number of carbonyl (C=O) groups excluding carboxylic acids is 1. The van der Waals surface area contributed by atoms with Crippen LogP contribution in [0.3, 0.4) is 0 Å². The van der Waals surface area contributed by atoms with Crippen LogP contribution in [0, 0.1) is 0 Å². The van der Waals surface area contributed by atoms with Crippen LogP contribution in [0.15, 0.2) is 11.6 Å². The van der Waals surface area contributed by atoms with Crippen LogP contribution >= 0.6 is 0 Å². The van der Waals surface area contributed by atoms with Gasteiger partial charge in [0.05, 0.1) is 18.6 Å². The molecule has 0 aromatic carbocycles. The monoisotopic (exact) mass is 426 g/mol. The standard InChI is InChI=1S/C24H42O6/c1-2-3-4-5-6-7-8-9-10-11-12-13-14-15-16-17-18-30-23(27)20-21(24(28)29)19-22(25)26/h20H,2-19H2,1H3,(H,25,26)(H,28,29). The molecule has 0 fully saturated rings. The van der Waals surface area contributed by atoms with Crippen molar-refractivity contribution in [1.29, 1.82) is 0 Å². The Labute approximate surface area is 182 Å². The molecule has 0 unspecified atom stereocenters. The van der Waals surface area contributed by atoms with Gasteiger partial charge in [-0.25, -0.2) is 9.59 Å². The molecule has 0 atom stereocenters. The van der Waals surface area contributed by atoms with Gasteiger partial charge in [0.2, 0.25) is 0 Å². The molecule has 30 heavy (non-hydrogen) atoms. The van der Waals surface area contributed by atoms with Gasteiger partial charge in [-0.1, -0.05) is 103 Å². The molecule has 0 aliphatic rings. The molecule has 0 amide bonds. The maximum Gasteiger partial charge on any atom is 0.332 e. The first-order valence-corrected chi connectivity index (χ1v) is 11.8. The number of unbranched alkanes of at least 4 members (excludes halogenated alkanes) is 15. The summed E-state index contributed by atoms with van der Waals surface area (Å²) in [4.78, 5) is 33.0. The Hall–Kier alpha value is -1.85. The zero-order valence-corrected chi connectivity index (χ0v) is 18.8. The van der Waals surface area contributed by atoms with Gasteiger partial charge in [0.1, 0.15) is 0 Å². The topological polar surface area (TPSA) is 101 Å². The molecule has 174 valence electrons. The van der Waals surface area contributed by atoms with Crippen molar-refractivity contribution in [2.45, 2.75) is 116 Å². The molecular weight excluding hydrogens is 384 g/mol. The summed E-state index contributed by atoms with van der Waals surface area (Å²) in [5, 5.41) is 17.5. The lowest BCUT2D eigenvalue weighted by molar-refractivity contribution is -0.140. The van der Waals surface area contributed by atoms with Crippen molar-refractivity contribution in [2.24, 2.45) is 0 Å². The second kappa shape index (κ2) is 20.4. The SMILES string of the molecule is CCCCCCCCCCCCCCCCCCOC(=O)C=C(CC(=O)O)C(=O)O. The highest BCUT2D eigenvalue weighted by Crippen LogP contribution is 2.13. The van der Waals surface area contributed by atoms with E-state index in [0.29, 0.717) is 0 Å². The van der Waals surface area contributed by atoms with E-state index in [2.05, 4.69) is 6.92 Å². The van der Waals surface area contributed by atoms with Crippen molar-refractivity contribution in [3.8, 4) is 0 Å². The summed E-state index contributed by atoms with van der Waals surface area (Å²) in [5.74, 6) is -3.51. The number of ether oxygens (including phenoxy) is 1. The van der Waals surface area contributed by atoms with Crippen LogP contribution in [-0.4, -0.2) is 34.7 Å². The number of carboxylic acids is 2. The highest BCUT2D eigenvalue weighted by atomic mass is 16.5. The van der Waals surface area contributed by atoms with Crippen LogP contribution in [0.4, 0.5) is 0 Å². The Morgan fingerprint density at radius 2 is 1.07 bits per heavy atom. The summed E-state index contributed by atoms with van der Waals surface area (Å²) in [6.07, 6.45) is 20.3. The molecule has 0 aliphatic heterocycles. The van der Waals surface area contributed by atoms with Gasteiger partial charge >= 0.3 is 17.9 Å². The van der Waals surface area contributed by atoms with Crippen molar-refractivity contribution < 1.29 is 29.3 Å². The highest BCUT2D eigenvalue weighted by Gasteiger charge is 2.14. The molecule has 2 N–H and O–H groups in total. The van der Waals surface area contributed by atoms with Crippen molar-refractivity contribution >= 4 is 17.9 Å². The molecule has 0 rings (SSSR count). The fraction of sp³-hybridized carbons (Fsp3) is 0.792. The predicted molar refractivity (Wildman–Crippen MR) is 118 cm³/mol. The summed E-state index contributed by atoms with van der Waals surface area (Å²) < 4.78 is 4.95. The number of hydrogen-bond acceptors (Lipinski definition) is 4. The Morgan fingerprint density at radius 1 is 0.667 bits per heavy atom. The quantitative estimate of drug-likeness (QED) is 0.127. The fourth-order valence-corrected chi connectivity index (χ4v) is 3.36. The lowest BCUT2D eigenvalue weighted by Gasteiger charge is -2.04. The lowest BCUT2D eigenvalue weighted by Crippen LogP contribution is -2.11. The van der Waals surface area contributed by atoms with E-state index < -0.39 is 29.9 Å². The second-order valence-corrected chi connectivity index (χ2v) is 8.02. The molecule has 6 heteroatoms. The van der Waals surface area contributed by atoms with Crippen LogP contribution in [0.2, 0.25) is 0 Å².